The Hall–Kier alpha value is -3.19. The number of hydrogen-bond acceptors (Lipinski definition) is 6. The van der Waals surface area contributed by atoms with Crippen LogP contribution in [0.1, 0.15) is 16.8 Å². The molecular weight excluding hydrogens is 332 g/mol. The number of aromatic hydroxyl groups is 2. The lowest BCUT2D eigenvalue weighted by molar-refractivity contribution is 0.240. The van der Waals surface area contributed by atoms with E-state index < -0.39 is 0 Å². The number of benzene rings is 1. The number of rotatable bonds is 3. The van der Waals surface area contributed by atoms with Crippen molar-refractivity contribution in [3.8, 4) is 23.0 Å². The number of nitrogens with one attached hydrogen (secondary N) is 1. The zero-order valence-electron chi connectivity index (χ0n) is 14.0. The molecule has 7 nitrogen and oxygen atoms in total. The minimum Gasteiger partial charge on any atom is -0.504 e. The number of phenols is 2. The Morgan fingerprint density at radius 2 is 2.04 bits per heavy atom. The maximum absolute atomic E-state index is 12.4. The highest BCUT2D eigenvalue weighted by atomic mass is 16.3. The van der Waals surface area contributed by atoms with Gasteiger partial charge in [-0.1, -0.05) is 12.1 Å². The van der Waals surface area contributed by atoms with E-state index in [0.717, 1.165) is 23.4 Å². The lowest BCUT2D eigenvalue weighted by Crippen LogP contribution is -2.35. The van der Waals surface area contributed by atoms with E-state index in [2.05, 4.69) is 19.9 Å². The highest BCUT2D eigenvalue weighted by molar-refractivity contribution is 5.49. The van der Waals surface area contributed by atoms with Crippen LogP contribution >= 0.6 is 0 Å². The maximum Gasteiger partial charge on any atom is 0.254 e. The highest BCUT2D eigenvalue weighted by Gasteiger charge is 2.22. The van der Waals surface area contributed by atoms with Gasteiger partial charge in [-0.25, -0.2) is 4.98 Å². The SMILES string of the molecule is O=c1[nH]c(-c2ccccn2)nc2c1CCN(Cc1ccc(O)c(O)c1)C2. The van der Waals surface area contributed by atoms with Crippen LogP contribution < -0.4 is 5.56 Å². The van der Waals surface area contributed by atoms with Crippen LogP contribution in [0.15, 0.2) is 47.4 Å². The monoisotopic (exact) mass is 350 g/mol. The molecule has 0 bridgehead atoms. The van der Waals surface area contributed by atoms with Crippen molar-refractivity contribution in [1.82, 2.24) is 19.9 Å². The Labute approximate surface area is 149 Å². The zero-order chi connectivity index (χ0) is 18.1. The van der Waals surface area contributed by atoms with Gasteiger partial charge < -0.3 is 15.2 Å². The van der Waals surface area contributed by atoms with Gasteiger partial charge in [-0.3, -0.25) is 14.7 Å². The van der Waals surface area contributed by atoms with Crippen LogP contribution in [0.5, 0.6) is 11.5 Å². The van der Waals surface area contributed by atoms with Crippen LogP contribution in [0.4, 0.5) is 0 Å². The van der Waals surface area contributed by atoms with Gasteiger partial charge in [-0.15, -0.1) is 0 Å². The largest absolute Gasteiger partial charge is 0.504 e. The first-order valence-corrected chi connectivity index (χ1v) is 8.37. The van der Waals surface area contributed by atoms with Crippen molar-refractivity contribution in [2.75, 3.05) is 6.54 Å². The summed E-state index contributed by atoms with van der Waals surface area (Å²) in [7, 11) is 0. The second-order valence-corrected chi connectivity index (χ2v) is 6.34. The van der Waals surface area contributed by atoms with Crippen molar-refractivity contribution in [3.05, 3.63) is 69.8 Å². The average molecular weight is 350 g/mol. The molecule has 132 valence electrons. The normalized spacial score (nSPS) is 14.2. The summed E-state index contributed by atoms with van der Waals surface area (Å²) < 4.78 is 0. The first-order valence-electron chi connectivity index (χ1n) is 8.37. The lowest BCUT2D eigenvalue weighted by Gasteiger charge is -2.27. The molecule has 0 saturated carbocycles. The molecule has 0 saturated heterocycles. The van der Waals surface area contributed by atoms with Crippen LogP contribution in [-0.4, -0.2) is 36.6 Å². The van der Waals surface area contributed by atoms with Gasteiger partial charge in [0, 0.05) is 31.4 Å². The fraction of sp³-hybridized carbons (Fsp3) is 0.211. The van der Waals surface area contributed by atoms with E-state index in [1.807, 2.05) is 18.2 Å². The van der Waals surface area contributed by atoms with Crippen LogP contribution in [0.3, 0.4) is 0 Å². The number of aromatic amines is 1. The van der Waals surface area contributed by atoms with E-state index in [4.69, 9.17) is 0 Å². The van der Waals surface area contributed by atoms with Gasteiger partial charge in [0.1, 0.15) is 5.69 Å². The summed E-state index contributed by atoms with van der Waals surface area (Å²) in [6, 6.07) is 10.3. The van der Waals surface area contributed by atoms with E-state index >= 15 is 0 Å². The minimum atomic E-state index is -0.133. The number of H-pyrrole nitrogens is 1. The third kappa shape index (κ3) is 3.16. The van der Waals surface area contributed by atoms with Gasteiger partial charge in [-0.05, 0) is 36.2 Å². The molecule has 3 heterocycles. The van der Waals surface area contributed by atoms with Crippen molar-refractivity contribution < 1.29 is 10.2 Å². The molecule has 1 aliphatic rings. The minimum absolute atomic E-state index is 0.113. The molecule has 1 aliphatic heterocycles. The van der Waals surface area contributed by atoms with E-state index in [-0.39, 0.29) is 17.1 Å². The number of aromatic nitrogens is 3. The second-order valence-electron chi connectivity index (χ2n) is 6.34. The van der Waals surface area contributed by atoms with Gasteiger partial charge in [0.25, 0.3) is 5.56 Å². The Bertz CT molecular complexity index is 1000. The Kier molecular flexibility index (Phi) is 4.14. The molecule has 3 aromatic rings. The molecule has 3 N–H and O–H groups in total. The van der Waals surface area contributed by atoms with Crippen molar-refractivity contribution in [2.24, 2.45) is 0 Å². The summed E-state index contributed by atoms with van der Waals surface area (Å²) in [5.74, 6) is 0.205. The van der Waals surface area contributed by atoms with Crippen LogP contribution in [-0.2, 0) is 19.5 Å². The zero-order valence-corrected chi connectivity index (χ0v) is 14.0. The number of phenolic OH excluding ortho intramolecular Hbond substituents is 2. The number of nitrogens with zero attached hydrogens (tertiary/aromatic N) is 3. The van der Waals surface area contributed by atoms with Gasteiger partial charge in [-0.2, -0.15) is 0 Å². The molecule has 0 aliphatic carbocycles. The van der Waals surface area contributed by atoms with Gasteiger partial charge in [0.05, 0.1) is 5.69 Å². The number of hydrogen-bond donors (Lipinski definition) is 3. The summed E-state index contributed by atoms with van der Waals surface area (Å²) >= 11 is 0. The average Bonchev–Trinajstić information content (AvgIpc) is 2.65. The molecule has 0 atom stereocenters. The second kappa shape index (κ2) is 6.61. The van der Waals surface area contributed by atoms with Crippen LogP contribution in [0.25, 0.3) is 11.5 Å². The third-order valence-electron chi connectivity index (χ3n) is 4.51. The molecule has 0 amide bonds. The molecule has 4 rings (SSSR count). The third-order valence-corrected chi connectivity index (χ3v) is 4.51. The van der Waals surface area contributed by atoms with Crippen molar-refractivity contribution in [1.29, 1.82) is 0 Å². The Morgan fingerprint density at radius 3 is 2.81 bits per heavy atom. The van der Waals surface area contributed by atoms with Gasteiger partial charge in [0.2, 0.25) is 0 Å². The summed E-state index contributed by atoms with van der Waals surface area (Å²) in [5.41, 5.74) is 2.88. The van der Waals surface area contributed by atoms with Crippen LogP contribution in [0.2, 0.25) is 0 Å². The first-order chi connectivity index (χ1) is 12.6. The Balaban J connectivity index is 1.60. The molecule has 7 heteroatoms. The molecular formula is C19H18N4O3. The standard InChI is InChI=1S/C19H18N4O3/c24-16-5-4-12(9-17(16)25)10-23-8-6-13-15(11-23)21-18(22-19(13)26)14-3-1-2-7-20-14/h1-5,7,9,24-25H,6,8,10-11H2,(H,21,22,26). The molecule has 0 radical (unpaired) electrons. The first kappa shape index (κ1) is 16.3. The summed E-state index contributed by atoms with van der Waals surface area (Å²) in [6.07, 6.45) is 2.28. The predicted octanol–water partition coefficient (Wildman–Crippen LogP) is 1.80. The topological polar surface area (TPSA) is 102 Å². The Morgan fingerprint density at radius 1 is 1.15 bits per heavy atom. The van der Waals surface area contributed by atoms with Crippen molar-refractivity contribution in [3.63, 3.8) is 0 Å². The van der Waals surface area contributed by atoms with E-state index in [9.17, 15) is 15.0 Å². The van der Waals surface area contributed by atoms with Gasteiger partial charge >= 0.3 is 0 Å². The van der Waals surface area contributed by atoms with E-state index in [1.165, 1.54) is 6.07 Å². The van der Waals surface area contributed by atoms with Crippen LogP contribution in [0, 0.1) is 0 Å². The molecule has 2 aromatic heterocycles. The maximum atomic E-state index is 12.4. The quantitative estimate of drug-likeness (QED) is 0.623. The summed E-state index contributed by atoms with van der Waals surface area (Å²) in [6.45, 7) is 1.86. The van der Waals surface area contributed by atoms with Crippen molar-refractivity contribution in [2.45, 2.75) is 19.5 Å². The lowest BCUT2D eigenvalue weighted by atomic mass is 10.1. The summed E-state index contributed by atoms with van der Waals surface area (Å²) in [5, 5.41) is 19.1. The summed E-state index contributed by atoms with van der Waals surface area (Å²) in [4.78, 5) is 26.2. The molecule has 0 unspecified atom stereocenters. The molecule has 0 fully saturated rings. The smallest absolute Gasteiger partial charge is 0.254 e. The molecule has 0 spiro atoms. The fourth-order valence-corrected chi connectivity index (χ4v) is 3.18. The van der Waals surface area contributed by atoms with E-state index in [0.29, 0.717) is 31.0 Å². The van der Waals surface area contributed by atoms with Crippen molar-refractivity contribution >= 4 is 0 Å². The number of fused-ring (bicyclic) bond motifs is 1. The highest BCUT2D eigenvalue weighted by Crippen LogP contribution is 2.26. The molecule has 1 aromatic carbocycles. The van der Waals surface area contributed by atoms with Gasteiger partial charge in [0.15, 0.2) is 17.3 Å². The predicted molar refractivity (Wildman–Crippen MR) is 95.7 cm³/mol. The number of pyridine rings is 1. The van der Waals surface area contributed by atoms with E-state index in [1.54, 1.807) is 18.3 Å². The fourth-order valence-electron chi connectivity index (χ4n) is 3.18. The molecule has 26 heavy (non-hydrogen) atoms.